The predicted octanol–water partition coefficient (Wildman–Crippen LogP) is 5.89. The summed E-state index contributed by atoms with van der Waals surface area (Å²) >= 11 is 0. The van der Waals surface area contributed by atoms with Gasteiger partial charge in [0.2, 0.25) is 0 Å². The summed E-state index contributed by atoms with van der Waals surface area (Å²) in [5.74, 6) is 0. The van der Waals surface area contributed by atoms with Gasteiger partial charge in [-0.2, -0.15) is 0 Å². The molecule has 0 amide bonds. The van der Waals surface area contributed by atoms with E-state index in [9.17, 15) is 4.57 Å². The summed E-state index contributed by atoms with van der Waals surface area (Å²) in [4.78, 5) is 20.8. The first-order chi connectivity index (χ1) is 12.0. The first-order valence-corrected chi connectivity index (χ1v) is 11.1. The fourth-order valence-electron chi connectivity index (χ4n) is 2.10. The molecule has 0 fully saturated rings. The fourth-order valence-corrected chi connectivity index (χ4v) is 2.31. The van der Waals surface area contributed by atoms with Crippen molar-refractivity contribution in [1.29, 1.82) is 0 Å². The molecule has 6 nitrogen and oxygen atoms in total. The van der Waals surface area contributed by atoms with Crippen LogP contribution in [-0.4, -0.2) is 23.0 Å². The molecule has 0 aromatic heterocycles. The second-order valence-corrected chi connectivity index (χ2v) is 7.09. The van der Waals surface area contributed by atoms with Crippen molar-refractivity contribution in [1.82, 2.24) is 0 Å². The van der Waals surface area contributed by atoms with E-state index in [0.717, 1.165) is 25.9 Å². The highest BCUT2D eigenvalue weighted by Crippen LogP contribution is 2.35. The first-order valence-electron chi connectivity index (χ1n) is 9.57. The lowest BCUT2D eigenvalue weighted by Gasteiger charge is -2.04. The van der Waals surface area contributed by atoms with Gasteiger partial charge in [0, 0.05) is 0 Å². The Hall–Kier alpha value is -0.390. The van der Waals surface area contributed by atoms with Crippen LogP contribution in [0.25, 0.3) is 0 Å². The standard InChI is InChI=1S/C10H20O.C8H19O5P/c1-3-5-6-7-8-9-10-11-4-2;1-2-3-4-5-6-7-8-12-13-14(9,10)11/h4H,2-3,5-10H2,1H3;2-8H2,1H3,(H2,9,10,11). The van der Waals surface area contributed by atoms with E-state index in [4.69, 9.17) is 14.5 Å². The minimum absolute atomic E-state index is 0.233. The van der Waals surface area contributed by atoms with Gasteiger partial charge in [-0.15, -0.1) is 4.67 Å². The molecule has 0 saturated heterocycles. The van der Waals surface area contributed by atoms with Gasteiger partial charge < -0.3 is 14.5 Å². The van der Waals surface area contributed by atoms with Crippen LogP contribution in [0, 0.1) is 0 Å². The second-order valence-electron chi connectivity index (χ2n) is 5.96. The van der Waals surface area contributed by atoms with Crippen molar-refractivity contribution < 1.29 is 28.7 Å². The molecule has 0 spiro atoms. The molecule has 0 heterocycles. The number of ether oxygens (including phenoxy) is 1. The minimum Gasteiger partial charge on any atom is -0.502 e. The van der Waals surface area contributed by atoms with Gasteiger partial charge in [0.05, 0.1) is 19.5 Å². The van der Waals surface area contributed by atoms with Gasteiger partial charge in [-0.3, -0.25) is 0 Å². The topological polar surface area (TPSA) is 85.2 Å². The third kappa shape index (κ3) is 31.8. The van der Waals surface area contributed by atoms with E-state index in [-0.39, 0.29) is 6.61 Å². The van der Waals surface area contributed by atoms with Crippen LogP contribution in [0.3, 0.4) is 0 Å². The normalized spacial score (nSPS) is 10.9. The van der Waals surface area contributed by atoms with Crippen molar-refractivity contribution in [3.8, 4) is 0 Å². The molecule has 0 aliphatic carbocycles. The maximum atomic E-state index is 10.2. The van der Waals surface area contributed by atoms with Crippen molar-refractivity contribution in [2.75, 3.05) is 13.2 Å². The molecule has 0 atom stereocenters. The highest BCUT2D eigenvalue weighted by molar-refractivity contribution is 7.46. The molecule has 0 rings (SSSR count). The van der Waals surface area contributed by atoms with Crippen molar-refractivity contribution >= 4 is 7.82 Å². The number of unbranched alkanes of at least 4 members (excludes halogenated alkanes) is 10. The Kier molecular flexibility index (Phi) is 23.2. The lowest BCUT2D eigenvalue weighted by atomic mass is 10.1. The summed E-state index contributed by atoms with van der Waals surface area (Å²) < 4.78 is 19.0. The number of phosphoric acid groups is 1. The van der Waals surface area contributed by atoms with Gasteiger partial charge in [0.1, 0.15) is 0 Å². The van der Waals surface area contributed by atoms with Crippen LogP contribution in [0.2, 0.25) is 0 Å². The van der Waals surface area contributed by atoms with E-state index in [1.807, 2.05) is 0 Å². The molecule has 0 bridgehead atoms. The van der Waals surface area contributed by atoms with Crippen LogP contribution >= 0.6 is 7.82 Å². The van der Waals surface area contributed by atoms with E-state index in [0.29, 0.717) is 0 Å². The zero-order chi connectivity index (χ0) is 19.2. The molecule has 0 aliphatic heterocycles. The van der Waals surface area contributed by atoms with E-state index < -0.39 is 7.82 Å². The summed E-state index contributed by atoms with van der Waals surface area (Å²) in [6.45, 7) is 8.95. The lowest BCUT2D eigenvalue weighted by molar-refractivity contribution is -0.222. The maximum absolute atomic E-state index is 10.2. The summed E-state index contributed by atoms with van der Waals surface area (Å²) in [7, 11) is -4.45. The van der Waals surface area contributed by atoms with Gasteiger partial charge in [-0.25, -0.2) is 9.45 Å². The summed E-state index contributed by atoms with van der Waals surface area (Å²) in [5, 5.41) is 0. The van der Waals surface area contributed by atoms with Crippen LogP contribution in [0.15, 0.2) is 12.8 Å². The molecule has 0 saturated carbocycles. The van der Waals surface area contributed by atoms with Crippen LogP contribution in [-0.2, 0) is 18.9 Å². The quantitative estimate of drug-likeness (QED) is 0.107. The number of hydrogen-bond donors (Lipinski definition) is 2. The van der Waals surface area contributed by atoms with Gasteiger partial charge in [0.15, 0.2) is 0 Å². The summed E-state index contributed by atoms with van der Waals surface area (Å²) in [5.41, 5.74) is 0. The molecular weight excluding hydrogens is 343 g/mol. The fraction of sp³-hybridized carbons (Fsp3) is 0.889. The molecule has 25 heavy (non-hydrogen) atoms. The second kappa shape index (κ2) is 21.7. The Balaban J connectivity index is 0. The molecule has 0 aromatic rings. The van der Waals surface area contributed by atoms with E-state index in [2.05, 4.69) is 30.0 Å². The van der Waals surface area contributed by atoms with Crippen molar-refractivity contribution in [2.45, 2.75) is 90.9 Å². The molecular formula is C18H39O6P. The molecule has 152 valence electrons. The first kappa shape index (κ1) is 26.8. The van der Waals surface area contributed by atoms with E-state index in [1.165, 1.54) is 64.0 Å². The monoisotopic (exact) mass is 382 g/mol. The average Bonchev–Trinajstić information content (AvgIpc) is 2.56. The third-order valence-electron chi connectivity index (χ3n) is 3.46. The number of rotatable bonds is 17. The van der Waals surface area contributed by atoms with Crippen molar-refractivity contribution in [2.24, 2.45) is 0 Å². The zero-order valence-electron chi connectivity index (χ0n) is 16.2. The van der Waals surface area contributed by atoms with Crippen molar-refractivity contribution in [3.05, 3.63) is 12.8 Å². The summed E-state index contributed by atoms with van der Waals surface area (Å²) in [6.07, 6.45) is 16.0. The predicted molar refractivity (Wildman–Crippen MR) is 102 cm³/mol. The lowest BCUT2D eigenvalue weighted by Crippen LogP contribution is -1.95. The Labute approximate surface area is 154 Å². The Morgan fingerprint density at radius 3 is 1.68 bits per heavy atom. The smallest absolute Gasteiger partial charge is 0.496 e. The molecule has 0 aromatic carbocycles. The highest BCUT2D eigenvalue weighted by atomic mass is 31.2. The van der Waals surface area contributed by atoms with Crippen LogP contribution in [0.4, 0.5) is 0 Å². The van der Waals surface area contributed by atoms with Gasteiger partial charge in [-0.1, -0.05) is 84.6 Å². The molecule has 0 aliphatic rings. The van der Waals surface area contributed by atoms with Gasteiger partial charge in [-0.05, 0) is 12.8 Å². The van der Waals surface area contributed by atoms with Crippen LogP contribution in [0.5, 0.6) is 0 Å². The average molecular weight is 382 g/mol. The van der Waals surface area contributed by atoms with E-state index >= 15 is 0 Å². The Bertz CT molecular complexity index is 306. The zero-order valence-corrected chi connectivity index (χ0v) is 17.1. The van der Waals surface area contributed by atoms with Gasteiger partial charge >= 0.3 is 7.82 Å². The largest absolute Gasteiger partial charge is 0.502 e. The number of hydrogen-bond acceptors (Lipinski definition) is 4. The molecule has 0 radical (unpaired) electrons. The summed E-state index contributed by atoms with van der Waals surface area (Å²) in [6, 6.07) is 0. The highest BCUT2D eigenvalue weighted by Gasteiger charge is 2.14. The minimum atomic E-state index is -4.45. The Morgan fingerprint density at radius 2 is 1.24 bits per heavy atom. The van der Waals surface area contributed by atoms with E-state index in [1.54, 1.807) is 0 Å². The van der Waals surface area contributed by atoms with Crippen molar-refractivity contribution in [3.63, 3.8) is 0 Å². The Morgan fingerprint density at radius 1 is 0.800 bits per heavy atom. The van der Waals surface area contributed by atoms with Crippen LogP contribution in [0.1, 0.15) is 90.9 Å². The molecule has 7 heteroatoms. The molecule has 0 unspecified atom stereocenters. The van der Waals surface area contributed by atoms with Gasteiger partial charge in [0.25, 0.3) is 0 Å². The van der Waals surface area contributed by atoms with Crippen LogP contribution < -0.4 is 0 Å². The molecule has 2 N–H and O–H groups in total. The third-order valence-corrected chi connectivity index (χ3v) is 3.76. The SMILES string of the molecule is C=COCCCCCCCC.CCCCCCCCOOP(=O)(O)O. The maximum Gasteiger partial charge on any atom is 0.496 e.